The smallest absolute Gasteiger partial charge is 0.331 e. The second kappa shape index (κ2) is 11.0. The number of para-hydroxylation sites is 1. The lowest BCUT2D eigenvalue weighted by molar-refractivity contribution is -0.148. The third-order valence-electron chi connectivity index (χ3n) is 5.10. The van der Waals surface area contributed by atoms with E-state index < -0.39 is 36.5 Å². The lowest BCUT2D eigenvalue weighted by Crippen LogP contribution is -2.47. The summed E-state index contributed by atoms with van der Waals surface area (Å²) in [6.45, 7) is 4.96. The number of benzene rings is 2. The number of aliphatic hydroxyl groups is 1. The van der Waals surface area contributed by atoms with Gasteiger partial charge >= 0.3 is 5.97 Å². The minimum absolute atomic E-state index is 0.135. The molecule has 1 aromatic heterocycles. The molecule has 0 aliphatic heterocycles. The van der Waals surface area contributed by atoms with Gasteiger partial charge in [-0.1, -0.05) is 48.1 Å². The van der Waals surface area contributed by atoms with Gasteiger partial charge in [0.1, 0.15) is 6.04 Å². The van der Waals surface area contributed by atoms with Crippen LogP contribution in [0.4, 0.5) is 0 Å². The standard InChI is InChI=1S/C24H27N3O5S/c1-4-18(22(30)25-17(14-28)23(31)32-5-2)27-19-8-6-7-9-20(19)33-24(27)26-21(29)16-12-10-15(3)11-13-16/h6-13,17-18,28H,4-5,14H2,1-3H3,(H,25,30)/t17-,18?/m0/s1. The SMILES string of the molecule is CCOC(=O)[C@H](CO)NC(=O)C(CC)n1c(=NC(=O)c2ccc(C)cc2)sc2ccccc21. The Bertz CT molecular complexity index is 1210. The predicted octanol–water partition coefficient (Wildman–Crippen LogP) is 2.74. The molecule has 33 heavy (non-hydrogen) atoms. The highest BCUT2D eigenvalue weighted by Crippen LogP contribution is 2.23. The zero-order chi connectivity index (χ0) is 24.0. The number of aliphatic hydroxyl groups excluding tert-OH is 1. The summed E-state index contributed by atoms with van der Waals surface area (Å²) < 4.78 is 7.50. The minimum Gasteiger partial charge on any atom is -0.464 e. The van der Waals surface area contributed by atoms with E-state index in [1.807, 2.05) is 50.2 Å². The van der Waals surface area contributed by atoms with Crippen molar-refractivity contribution in [1.29, 1.82) is 0 Å². The third kappa shape index (κ3) is 5.55. The van der Waals surface area contributed by atoms with Crippen LogP contribution in [0.1, 0.15) is 42.2 Å². The first kappa shape index (κ1) is 24.3. The molecular weight excluding hydrogens is 442 g/mol. The Morgan fingerprint density at radius 2 is 1.82 bits per heavy atom. The van der Waals surface area contributed by atoms with Crippen molar-refractivity contribution >= 4 is 39.3 Å². The average molecular weight is 470 g/mol. The monoisotopic (exact) mass is 469 g/mol. The van der Waals surface area contributed by atoms with Gasteiger partial charge in [0.05, 0.1) is 23.4 Å². The van der Waals surface area contributed by atoms with Crippen LogP contribution in [0.15, 0.2) is 53.5 Å². The Morgan fingerprint density at radius 3 is 2.45 bits per heavy atom. The summed E-state index contributed by atoms with van der Waals surface area (Å²) in [6.07, 6.45) is 0.374. The van der Waals surface area contributed by atoms with E-state index in [9.17, 15) is 19.5 Å². The number of aromatic nitrogens is 1. The van der Waals surface area contributed by atoms with E-state index in [-0.39, 0.29) is 6.61 Å². The topological polar surface area (TPSA) is 110 Å². The molecule has 9 heteroatoms. The number of rotatable bonds is 8. The van der Waals surface area contributed by atoms with Crippen molar-refractivity contribution in [1.82, 2.24) is 9.88 Å². The van der Waals surface area contributed by atoms with Crippen LogP contribution in [-0.2, 0) is 14.3 Å². The Morgan fingerprint density at radius 1 is 1.12 bits per heavy atom. The molecule has 0 radical (unpaired) electrons. The first-order valence-electron chi connectivity index (χ1n) is 10.7. The van der Waals surface area contributed by atoms with E-state index in [4.69, 9.17) is 4.74 Å². The van der Waals surface area contributed by atoms with Gasteiger partial charge in [-0.25, -0.2) is 4.79 Å². The number of esters is 1. The molecule has 0 saturated carbocycles. The van der Waals surface area contributed by atoms with Crippen molar-refractivity contribution in [3.8, 4) is 0 Å². The van der Waals surface area contributed by atoms with Gasteiger partial charge in [-0.3, -0.25) is 9.59 Å². The van der Waals surface area contributed by atoms with Crippen LogP contribution in [0.5, 0.6) is 0 Å². The van der Waals surface area contributed by atoms with Gasteiger partial charge in [-0.2, -0.15) is 4.99 Å². The van der Waals surface area contributed by atoms with Crippen LogP contribution in [0.2, 0.25) is 0 Å². The maximum Gasteiger partial charge on any atom is 0.331 e. The molecule has 3 aromatic rings. The normalized spacial score (nSPS) is 13.5. The van der Waals surface area contributed by atoms with Crippen LogP contribution in [-0.4, -0.2) is 46.7 Å². The van der Waals surface area contributed by atoms with E-state index in [1.165, 1.54) is 11.3 Å². The number of aryl methyl sites for hydroxylation is 1. The van der Waals surface area contributed by atoms with Crippen LogP contribution in [0, 0.1) is 6.92 Å². The summed E-state index contributed by atoms with van der Waals surface area (Å²) in [5.41, 5.74) is 2.23. The molecule has 0 bridgehead atoms. The highest BCUT2D eigenvalue weighted by Gasteiger charge is 2.28. The molecular formula is C24H27N3O5S. The number of thiazole rings is 1. The van der Waals surface area contributed by atoms with Crippen molar-refractivity contribution < 1.29 is 24.2 Å². The molecule has 1 heterocycles. The fraction of sp³-hybridized carbons (Fsp3) is 0.333. The number of hydrogen-bond acceptors (Lipinski definition) is 6. The Labute approximate surface area is 195 Å². The summed E-state index contributed by atoms with van der Waals surface area (Å²) in [7, 11) is 0. The van der Waals surface area contributed by atoms with Crippen LogP contribution < -0.4 is 10.1 Å². The zero-order valence-corrected chi connectivity index (χ0v) is 19.6. The summed E-state index contributed by atoms with van der Waals surface area (Å²) in [5, 5.41) is 12.1. The molecule has 0 spiro atoms. The van der Waals surface area contributed by atoms with Gasteiger partial charge in [-0.15, -0.1) is 0 Å². The highest BCUT2D eigenvalue weighted by atomic mass is 32.1. The molecule has 0 aliphatic carbocycles. The fourth-order valence-electron chi connectivity index (χ4n) is 3.39. The van der Waals surface area contributed by atoms with Gasteiger partial charge in [0.15, 0.2) is 10.8 Å². The first-order valence-corrected chi connectivity index (χ1v) is 11.5. The summed E-state index contributed by atoms with van der Waals surface area (Å²) in [4.78, 5) is 42.8. The maximum absolute atomic E-state index is 13.2. The molecule has 2 aromatic carbocycles. The van der Waals surface area contributed by atoms with E-state index in [0.717, 1.165) is 15.8 Å². The molecule has 8 nitrogen and oxygen atoms in total. The number of carbonyl (C=O) groups is 3. The summed E-state index contributed by atoms with van der Waals surface area (Å²) in [5.74, 6) is -1.59. The molecule has 2 N–H and O–H groups in total. The molecule has 0 fully saturated rings. The second-order valence-corrected chi connectivity index (χ2v) is 8.43. The van der Waals surface area contributed by atoms with Gasteiger partial charge in [0, 0.05) is 5.56 Å². The summed E-state index contributed by atoms with van der Waals surface area (Å²) in [6, 6.07) is 12.7. The number of ether oxygens (including phenoxy) is 1. The van der Waals surface area contributed by atoms with Gasteiger partial charge < -0.3 is 19.7 Å². The Hall–Kier alpha value is -3.30. The zero-order valence-electron chi connectivity index (χ0n) is 18.8. The van der Waals surface area contributed by atoms with E-state index in [1.54, 1.807) is 23.6 Å². The van der Waals surface area contributed by atoms with Crippen molar-refractivity contribution in [2.24, 2.45) is 4.99 Å². The van der Waals surface area contributed by atoms with Gasteiger partial charge in [0.2, 0.25) is 5.91 Å². The van der Waals surface area contributed by atoms with E-state index in [2.05, 4.69) is 10.3 Å². The third-order valence-corrected chi connectivity index (χ3v) is 6.13. The number of carbonyl (C=O) groups excluding carboxylic acids is 3. The number of nitrogens with one attached hydrogen (secondary N) is 1. The number of amides is 2. The molecule has 3 rings (SSSR count). The number of fused-ring (bicyclic) bond motifs is 1. The summed E-state index contributed by atoms with van der Waals surface area (Å²) >= 11 is 1.30. The van der Waals surface area contributed by atoms with E-state index >= 15 is 0 Å². The second-order valence-electron chi connectivity index (χ2n) is 7.43. The van der Waals surface area contributed by atoms with Gasteiger partial charge in [0.25, 0.3) is 5.91 Å². The van der Waals surface area contributed by atoms with Crippen LogP contribution >= 0.6 is 11.3 Å². The fourth-order valence-corrected chi connectivity index (χ4v) is 4.46. The Balaban J connectivity index is 2.04. The van der Waals surface area contributed by atoms with Crippen molar-refractivity contribution in [3.05, 3.63) is 64.5 Å². The van der Waals surface area contributed by atoms with Crippen molar-refractivity contribution in [2.45, 2.75) is 39.3 Å². The molecule has 2 atom stereocenters. The molecule has 0 saturated heterocycles. The van der Waals surface area contributed by atoms with E-state index in [0.29, 0.717) is 16.8 Å². The molecule has 2 amide bonds. The predicted molar refractivity (Wildman–Crippen MR) is 126 cm³/mol. The van der Waals surface area contributed by atoms with Crippen molar-refractivity contribution in [2.75, 3.05) is 13.2 Å². The Kier molecular flexibility index (Phi) is 8.13. The largest absolute Gasteiger partial charge is 0.464 e. The lowest BCUT2D eigenvalue weighted by Gasteiger charge is -2.21. The number of nitrogens with zero attached hydrogens (tertiary/aromatic N) is 2. The van der Waals surface area contributed by atoms with Crippen LogP contribution in [0.3, 0.4) is 0 Å². The number of hydrogen-bond donors (Lipinski definition) is 2. The van der Waals surface area contributed by atoms with Gasteiger partial charge in [-0.05, 0) is 44.5 Å². The van der Waals surface area contributed by atoms with Crippen LogP contribution in [0.25, 0.3) is 10.2 Å². The molecule has 1 unspecified atom stereocenters. The molecule has 174 valence electrons. The molecule has 0 aliphatic rings. The first-order chi connectivity index (χ1) is 15.9. The maximum atomic E-state index is 13.2. The van der Waals surface area contributed by atoms with Crippen molar-refractivity contribution in [3.63, 3.8) is 0 Å². The average Bonchev–Trinajstić information content (AvgIpc) is 3.16. The highest BCUT2D eigenvalue weighted by molar-refractivity contribution is 7.16. The minimum atomic E-state index is -1.17. The lowest BCUT2D eigenvalue weighted by atomic mass is 10.1. The quantitative estimate of drug-likeness (QED) is 0.493.